The Balaban J connectivity index is 0.00000225. The number of nitrogens with zero attached hydrogens (tertiary/aromatic N) is 2. The van der Waals surface area contributed by atoms with E-state index in [9.17, 15) is 4.79 Å². The first kappa shape index (κ1) is 19.8. The molecule has 2 heterocycles. The second kappa shape index (κ2) is 9.22. The predicted molar refractivity (Wildman–Crippen MR) is 101 cm³/mol. The van der Waals surface area contributed by atoms with E-state index in [0.717, 1.165) is 31.6 Å². The Morgan fingerprint density at radius 1 is 1.40 bits per heavy atom. The monoisotopic (exact) mass is 383 g/mol. The molecule has 1 aromatic heterocycles. The Bertz CT molecular complexity index is 686. The van der Waals surface area contributed by atoms with Gasteiger partial charge in [0.1, 0.15) is 6.26 Å². The van der Waals surface area contributed by atoms with Gasteiger partial charge in [0.25, 0.3) is 0 Å². The molecule has 1 amide bonds. The smallest absolute Gasteiger partial charge is 0.228 e. The molecule has 0 aliphatic carbocycles. The van der Waals surface area contributed by atoms with Gasteiger partial charge in [0.2, 0.25) is 11.8 Å². The normalized spacial score (nSPS) is 17.2. The number of oxazole rings is 1. The Morgan fingerprint density at radius 3 is 2.88 bits per heavy atom. The Labute approximate surface area is 159 Å². The lowest BCUT2D eigenvalue weighted by Gasteiger charge is -2.32. The molecule has 0 saturated carbocycles. The number of halogens is 2. The topological polar surface area (TPSA) is 58.4 Å². The van der Waals surface area contributed by atoms with Crippen LogP contribution in [0.3, 0.4) is 0 Å². The molecule has 1 atom stereocenters. The van der Waals surface area contributed by atoms with E-state index in [1.807, 2.05) is 24.1 Å². The van der Waals surface area contributed by atoms with Crippen LogP contribution in [0.4, 0.5) is 0 Å². The molecule has 1 aromatic carbocycles. The lowest BCUT2D eigenvalue weighted by atomic mass is 9.97. The SMILES string of the molecule is CNCC1CCCN(C(=O)Cc2coc(-c3ccc(Cl)cc3)n2)C1.Cl. The summed E-state index contributed by atoms with van der Waals surface area (Å²) in [4.78, 5) is 18.9. The van der Waals surface area contributed by atoms with E-state index in [0.29, 0.717) is 22.5 Å². The highest BCUT2D eigenvalue weighted by Gasteiger charge is 2.24. The van der Waals surface area contributed by atoms with Crippen LogP contribution in [-0.4, -0.2) is 42.5 Å². The molecule has 5 nitrogen and oxygen atoms in total. The molecule has 1 saturated heterocycles. The maximum Gasteiger partial charge on any atom is 0.228 e. The van der Waals surface area contributed by atoms with Gasteiger partial charge in [-0.15, -0.1) is 12.4 Å². The molecule has 0 radical (unpaired) electrons. The van der Waals surface area contributed by atoms with Crippen molar-refractivity contribution in [3.63, 3.8) is 0 Å². The fourth-order valence-electron chi connectivity index (χ4n) is 3.13. The molecule has 1 aliphatic rings. The summed E-state index contributed by atoms with van der Waals surface area (Å²) in [5.41, 5.74) is 1.52. The Morgan fingerprint density at radius 2 is 2.16 bits per heavy atom. The van der Waals surface area contributed by atoms with Crippen LogP contribution in [0.25, 0.3) is 11.5 Å². The van der Waals surface area contributed by atoms with Gasteiger partial charge in [-0.3, -0.25) is 4.79 Å². The van der Waals surface area contributed by atoms with Gasteiger partial charge in [-0.2, -0.15) is 0 Å². The average molecular weight is 384 g/mol. The number of rotatable bonds is 5. The van der Waals surface area contributed by atoms with Gasteiger partial charge < -0.3 is 14.6 Å². The highest BCUT2D eigenvalue weighted by molar-refractivity contribution is 6.30. The van der Waals surface area contributed by atoms with Crippen molar-refractivity contribution in [2.75, 3.05) is 26.7 Å². The first-order chi connectivity index (χ1) is 11.7. The van der Waals surface area contributed by atoms with Crippen LogP contribution in [0.1, 0.15) is 18.5 Å². The van der Waals surface area contributed by atoms with Gasteiger partial charge >= 0.3 is 0 Å². The van der Waals surface area contributed by atoms with E-state index in [2.05, 4.69) is 10.3 Å². The first-order valence-corrected chi connectivity index (χ1v) is 8.66. The van der Waals surface area contributed by atoms with Crippen LogP contribution in [0, 0.1) is 5.92 Å². The van der Waals surface area contributed by atoms with Gasteiger partial charge in [-0.1, -0.05) is 11.6 Å². The molecule has 1 N–H and O–H groups in total. The van der Waals surface area contributed by atoms with Crippen molar-refractivity contribution < 1.29 is 9.21 Å². The fraction of sp³-hybridized carbons (Fsp3) is 0.444. The summed E-state index contributed by atoms with van der Waals surface area (Å²) in [6, 6.07) is 7.29. The maximum atomic E-state index is 12.5. The van der Waals surface area contributed by atoms with Crippen molar-refractivity contribution in [1.29, 1.82) is 0 Å². The van der Waals surface area contributed by atoms with Crippen molar-refractivity contribution in [2.24, 2.45) is 5.92 Å². The van der Waals surface area contributed by atoms with Crippen molar-refractivity contribution in [2.45, 2.75) is 19.3 Å². The Hall–Kier alpha value is -1.56. The van der Waals surface area contributed by atoms with E-state index in [1.54, 1.807) is 18.4 Å². The second-order valence-corrected chi connectivity index (χ2v) is 6.67. The van der Waals surface area contributed by atoms with Gasteiger partial charge in [0, 0.05) is 23.7 Å². The summed E-state index contributed by atoms with van der Waals surface area (Å²) in [5, 5.41) is 3.87. The summed E-state index contributed by atoms with van der Waals surface area (Å²) in [5.74, 6) is 1.17. The summed E-state index contributed by atoms with van der Waals surface area (Å²) in [6.07, 6.45) is 4.09. The summed E-state index contributed by atoms with van der Waals surface area (Å²) in [7, 11) is 1.95. The van der Waals surface area contributed by atoms with E-state index in [1.165, 1.54) is 6.42 Å². The van der Waals surface area contributed by atoms with Crippen LogP contribution in [-0.2, 0) is 11.2 Å². The maximum absolute atomic E-state index is 12.5. The van der Waals surface area contributed by atoms with E-state index in [4.69, 9.17) is 16.0 Å². The van der Waals surface area contributed by atoms with Gasteiger partial charge in [-0.25, -0.2) is 4.98 Å². The number of carbonyl (C=O) groups is 1. The molecule has 0 bridgehead atoms. The zero-order chi connectivity index (χ0) is 16.9. The number of hydrogen-bond acceptors (Lipinski definition) is 4. The molecule has 7 heteroatoms. The van der Waals surface area contributed by atoms with E-state index >= 15 is 0 Å². The molecule has 25 heavy (non-hydrogen) atoms. The minimum absolute atomic E-state index is 0. The number of carbonyl (C=O) groups excluding carboxylic acids is 1. The van der Waals surface area contributed by atoms with Gasteiger partial charge in [-0.05, 0) is 56.6 Å². The van der Waals surface area contributed by atoms with Crippen molar-refractivity contribution in [3.8, 4) is 11.5 Å². The molecule has 1 unspecified atom stereocenters. The zero-order valence-corrected chi connectivity index (χ0v) is 15.8. The highest BCUT2D eigenvalue weighted by atomic mass is 35.5. The number of nitrogens with one attached hydrogen (secondary N) is 1. The second-order valence-electron chi connectivity index (χ2n) is 6.23. The molecule has 136 valence electrons. The molecule has 3 rings (SSSR count). The average Bonchev–Trinajstić information content (AvgIpc) is 3.04. The third-order valence-electron chi connectivity index (χ3n) is 4.34. The number of benzene rings is 1. The third kappa shape index (κ3) is 5.21. The van der Waals surface area contributed by atoms with Gasteiger partial charge in [0.05, 0.1) is 12.1 Å². The van der Waals surface area contributed by atoms with Crippen LogP contribution in [0.2, 0.25) is 5.02 Å². The standard InChI is InChI=1S/C18H22ClN3O2.ClH/c1-20-10-13-3-2-8-22(11-13)17(23)9-16-12-24-18(21-16)14-4-6-15(19)7-5-14;/h4-7,12-13,20H,2-3,8-11H2,1H3;1H. The summed E-state index contributed by atoms with van der Waals surface area (Å²) >= 11 is 5.89. The molecule has 2 aromatic rings. The molecular weight excluding hydrogens is 361 g/mol. The number of amides is 1. The number of hydrogen-bond donors (Lipinski definition) is 1. The van der Waals surface area contributed by atoms with Crippen LogP contribution >= 0.6 is 24.0 Å². The largest absolute Gasteiger partial charge is 0.444 e. The molecular formula is C18H23Cl2N3O2. The third-order valence-corrected chi connectivity index (χ3v) is 4.59. The van der Waals surface area contributed by atoms with Crippen LogP contribution in [0.5, 0.6) is 0 Å². The predicted octanol–water partition coefficient (Wildman–Crippen LogP) is 3.42. The lowest BCUT2D eigenvalue weighted by molar-refractivity contribution is -0.132. The lowest BCUT2D eigenvalue weighted by Crippen LogP contribution is -2.43. The number of aromatic nitrogens is 1. The summed E-state index contributed by atoms with van der Waals surface area (Å²) in [6.45, 7) is 2.61. The van der Waals surface area contributed by atoms with E-state index < -0.39 is 0 Å². The van der Waals surface area contributed by atoms with Gasteiger partial charge in [0.15, 0.2) is 0 Å². The molecule has 1 aliphatic heterocycles. The molecule has 0 spiro atoms. The number of piperidine rings is 1. The van der Waals surface area contributed by atoms with Crippen LogP contribution < -0.4 is 5.32 Å². The minimum Gasteiger partial charge on any atom is -0.444 e. The van der Waals surface area contributed by atoms with Crippen molar-refractivity contribution in [1.82, 2.24) is 15.2 Å². The Kier molecular flexibility index (Phi) is 7.29. The number of likely N-dealkylation sites (tertiary alicyclic amines) is 1. The van der Waals surface area contributed by atoms with Crippen LogP contribution in [0.15, 0.2) is 34.9 Å². The highest BCUT2D eigenvalue weighted by Crippen LogP contribution is 2.22. The zero-order valence-electron chi connectivity index (χ0n) is 14.2. The molecule has 1 fully saturated rings. The first-order valence-electron chi connectivity index (χ1n) is 8.28. The minimum atomic E-state index is 0. The summed E-state index contributed by atoms with van der Waals surface area (Å²) < 4.78 is 5.50. The van der Waals surface area contributed by atoms with Crippen molar-refractivity contribution in [3.05, 3.63) is 41.2 Å². The fourth-order valence-corrected chi connectivity index (χ4v) is 3.25. The quantitative estimate of drug-likeness (QED) is 0.858. The van der Waals surface area contributed by atoms with Crippen molar-refractivity contribution >= 4 is 29.9 Å². The van der Waals surface area contributed by atoms with E-state index in [-0.39, 0.29) is 24.7 Å².